The smallest absolute Gasteiger partial charge is 0.255 e. The number of aliphatic hydroxyl groups excluding tert-OH is 1. The Labute approximate surface area is 187 Å². The highest BCUT2D eigenvalue weighted by molar-refractivity contribution is 6.20. The molecule has 0 unspecified atom stereocenters. The zero-order valence-electron chi connectivity index (χ0n) is 18.0. The van der Waals surface area contributed by atoms with Crippen LogP contribution in [0.3, 0.4) is 0 Å². The minimum atomic E-state index is -0.280. The molecule has 0 fully saturated rings. The monoisotopic (exact) mass is 448 g/mol. The van der Waals surface area contributed by atoms with Crippen molar-refractivity contribution in [1.29, 1.82) is 0 Å². The molecular weight excluding hydrogens is 420 g/mol. The number of hydrogen-bond acceptors (Lipinski definition) is 7. The molecule has 0 saturated carbocycles. The number of carbonyl (C=O) groups excluding carboxylic acids is 1. The summed E-state index contributed by atoms with van der Waals surface area (Å²) in [6, 6.07) is 8.70. The number of ether oxygens (including phenoxy) is 2. The van der Waals surface area contributed by atoms with E-state index in [-0.39, 0.29) is 12.5 Å². The van der Waals surface area contributed by atoms with E-state index in [0.717, 1.165) is 11.3 Å². The van der Waals surface area contributed by atoms with Gasteiger partial charge in [-0.05, 0) is 36.8 Å². The molecular formula is C22H29ClN4O4. The first-order chi connectivity index (χ1) is 15.0. The molecule has 168 valence electrons. The molecule has 0 radical (unpaired) electrons. The third kappa shape index (κ3) is 7.13. The molecule has 1 aromatic heterocycles. The maximum Gasteiger partial charge on any atom is 0.255 e. The fourth-order valence-electron chi connectivity index (χ4n) is 2.85. The SMILES string of the molecule is CN/C(=C(\C)CCl)c1cc(NC(=O)c2cccc(OC)c2)cnc1OCCNCCO. The Morgan fingerprint density at radius 3 is 2.74 bits per heavy atom. The number of allylic oxidation sites excluding steroid dienone is 1. The molecule has 4 N–H and O–H groups in total. The number of benzene rings is 1. The van der Waals surface area contributed by atoms with Gasteiger partial charge in [0.25, 0.3) is 5.91 Å². The average molecular weight is 449 g/mol. The van der Waals surface area contributed by atoms with Crippen molar-refractivity contribution in [2.45, 2.75) is 6.92 Å². The normalized spacial score (nSPS) is 11.5. The van der Waals surface area contributed by atoms with E-state index < -0.39 is 0 Å². The quantitative estimate of drug-likeness (QED) is 0.292. The number of amides is 1. The molecule has 1 aromatic carbocycles. The molecule has 0 saturated heterocycles. The van der Waals surface area contributed by atoms with E-state index in [1.54, 1.807) is 50.7 Å². The van der Waals surface area contributed by atoms with Gasteiger partial charge in [-0.1, -0.05) is 6.07 Å². The number of methoxy groups -OCH3 is 1. The molecule has 2 aromatic rings. The van der Waals surface area contributed by atoms with Gasteiger partial charge in [0.2, 0.25) is 5.88 Å². The zero-order chi connectivity index (χ0) is 22.6. The van der Waals surface area contributed by atoms with Gasteiger partial charge in [0.1, 0.15) is 12.4 Å². The van der Waals surface area contributed by atoms with Gasteiger partial charge in [-0.15, -0.1) is 11.6 Å². The largest absolute Gasteiger partial charge is 0.497 e. The maximum atomic E-state index is 12.7. The summed E-state index contributed by atoms with van der Waals surface area (Å²) in [5.41, 5.74) is 3.36. The lowest BCUT2D eigenvalue weighted by Crippen LogP contribution is -2.24. The van der Waals surface area contributed by atoms with E-state index in [1.807, 2.05) is 6.92 Å². The maximum absolute atomic E-state index is 12.7. The summed E-state index contributed by atoms with van der Waals surface area (Å²) in [6.07, 6.45) is 1.54. The topological polar surface area (TPSA) is 105 Å². The molecule has 1 heterocycles. The summed E-state index contributed by atoms with van der Waals surface area (Å²) in [5.74, 6) is 1.06. The summed E-state index contributed by atoms with van der Waals surface area (Å²) < 4.78 is 11.0. The van der Waals surface area contributed by atoms with Crippen molar-refractivity contribution in [3.05, 3.63) is 53.2 Å². The predicted octanol–water partition coefficient (Wildman–Crippen LogP) is 2.49. The molecule has 0 atom stereocenters. The molecule has 0 aliphatic rings. The van der Waals surface area contributed by atoms with Crippen molar-refractivity contribution in [1.82, 2.24) is 15.6 Å². The number of aromatic nitrogens is 1. The second-order valence-corrected chi connectivity index (χ2v) is 6.89. The first-order valence-corrected chi connectivity index (χ1v) is 10.4. The summed E-state index contributed by atoms with van der Waals surface area (Å²) in [6.45, 7) is 3.39. The number of aliphatic hydroxyl groups is 1. The lowest BCUT2D eigenvalue weighted by atomic mass is 10.1. The van der Waals surface area contributed by atoms with Gasteiger partial charge in [0.05, 0.1) is 31.2 Å². The molecule has 8 nitrogen and oxygen atoms in total. The second kappa shape index (κ2) is 12.8. The van der Waals surface area contributed by atoms with Crippen LogP contribution in [0.5, 0.6) is 11.6 Å². The Hall–Kier alpha value is -2.81. The lowest BCUT2D eigenvalue weighted by Gasteiger charge is -2.17. The van der Waals surface area contributed by atoms with Crippen LogP contribution in [-0.4, -0.2) is 62.3 Å². The number of nitrogens with one attached hydrogen (secondary N) is 3. The second-order valence-electron chi connectivity index (χ2n) is 6.62. The highest BCUT2D eigenvalue weighted by Crippen LogP contribution is 2.28. The fraction of sp³-hybridized carbons (Fsp3) is 0.364. The van der Waals surface area contributed by atoms with Crippen LogP contribution in [0.25, 0.3) is 5.70 Å². The average Bonchev–Trinajstić information content (AvgIpc) is 2.80. The molecule has 0 aliphatic heterocycles. The van der Waals surface area contributed by atoms with E-state index in [2.05, 4.69) is 20.9 Å². The van der Waals surface area contributed by atoms with E-state index in [0.29, 0.717) is 54.0 Å². The van der Waals surface area contributed by atoms with Gasteiger partial charge in [-0.3, -0.25) is 4.79 Å². The Morgan fingerprint density at radius 1 is 1.26 bits per heavy atom. The summed E-state index contributed by atoms with van der Waals surface area (Å²) in [7, 11) is 3.34. The van der Waals surface area contributed by atoms with Crippen LogP contribution >= 0.6 is 11.6 Å². The van der Waals surface area contributed by atoms with Crippen LogP contribution < -0.4 is 25.4 Å². The highest BCUT2D eigenvalue weighted by atomic mass is 35.5. The lowest BCUT2D eigenvalue weighted by molar-refractivity contribution is 0.102. The number of hydrogen-bond donors (Lipinski definition) is 4. The summed E-state index contributed by atoms with van der Waals surface area (Å²) in [4.78, 5) is 17.1. The van der Waals surface area contributed by atoms with Gasteiger partial charge in [-0.25, -0.2) is 4.98 Å². The van der Waals surface area contributed by atoms with Gasteiger partial charge >= 0.3 is 0 Å². The van der Waals surface area contributed by atoms with Crippen LogP contribution in [0.4, 0.5) is 5.69 Å². The first kappa shape index (κ1) is 24.5. The molecule has 1 amide bonds. The van der Waals surface area contributed by atoms with Crippen LogP contribution in [0.1, 0.15) is 22.8 Å². The van der Waals surface area contributed by atoms with Crippen molar-refractivity contribution in [2.75, 3.05) is 51.7 Å². The third-order valence-electron chi connectivity index (χ3n) is 4.39. The number of alkyl halides is 1. The Bertz CT molecular complexity index is 905. The Kier molecular flexibility index (Phi) is 10.1. The Morgan fingerprint density at radius 2 is 2.06 bits per heavy atom. The number of nitrogens with zero attached hydrogens (tertiary/aromatic N) is 1. The zero-order valence-corrected chi connectivity index (χ0v) is 18.8. The van der Waals surface area contributed by atoms with Crippen molar-refractivity contribution >= 4 is 28.9 Å². The van der Waals surface area contributed by atoms with Crippen molar-refractivity contribution in [3.8, 4) is 11.6 Å². The number of pyridine rings is 1. The minimum Gasteiger partial charge on any atom is -0.497 e. The van der Waals surface area contributed by atoms with Gasteiger partial charge in [0.15, 0.2) is 0 Å². The van der Waals surface area contributed by atoms with E-state index in [9.17, 15) is 4.79 Å². The number of anilines is 1. The number of rotatable bonds is 12. The van der Waals surface area contributed by atoms with Crippen molar-refractivity contribution in [3.63, 3.8) is 0 Å². The Balaban J connectivity index is 2.28. The van der Waals surface area contributed by atoms with E-state index in [4.69, 9.17) is 26.2 Å². The predicted molar refractivity (Wildman–Crippen MR) is 123 cm³/mol. The summed E-state index contributed by atoms with van der Waals surface area (Å²) in [5, 5.41) is 17.9. The van der Waals surface area contributed by atoms with Crippen molar-refractivity contribution in [2.24, 2.45) is 0 Å². The molecule has 31 heavy (non-hydrogen) atoms. The molecule has 2 rings (SSSR count). The van der Waals surface area contributed by atoms with Crippen LogP contribution in [-0.2, 0) is 0 Å². The van der Waals surface area contributed by atoms with E-state index >= 15 is 0 Å². The van der Waals surface area contributed by atoms with Gasteiger partial charge in [0, 0.05) is 37.3 Å². The molecule has 0 bridgehead atoms. The van der Waals surface area contributed by atoms with Crippen LogP contribution in [0.15, 0.2) is 42.1 Å². The number of carbonyl (C=O) groups is 1. The summed E-state index contributed by atoms with van der Waals surface area (Å²) >= 11 is 6.05. The van der Waals surface area contributed by atoms with Crippen LogP contribution in [0, 0.1) is 0 Å². The van der Waals surface area contributed by atoms with Gasteiger partial charge in [-0.2, -0.15) is 0 Å². The first-order valence-electron chi connectivity index (χ1n) is 9.87. The molecule has 9 heteroatoms. The molecule has 0 spiro atoms. The highest BCUT2D eigenvalue weighted by Gasteiger charge is 2.15. The van der Waals surface area contributed by atoms with E-state index in [1.165, 1.54) is 0 Å². The standard InChI is InChI=1S/C22H29ClN4O4/c1-15(13-23)20(24-2)19-12-17(14-26-22(19)31-10-8-25-7-9-28)27-21(29)16-5-4-6-18(11-16)30-3/h4-6,11-12,14,24-25,28H,7-10,13H2,1-3H3,(H,27,29)/b20-15+. The van der Waals surface area contributed by atoms with Crippen LogP contribution in [0.2, 0.25) is 0 Å². The third-order valence-corrected chi connectivity index (χ3v) is 4.79. The molecule has 0 aliphatic carbocycles. The number of halogens is 1. The van der Waals surface area contributed by atoms with Crippen molar-refractivity contribution < 1.29 is 19.4 Å². The minimum absolute atomic E-state index is 0.0622. The van der Waals surface area contributed by atoms with Gasteiger partial charge < -0.3 is 30.5 Å². The fourth-order valence-corrected chi connectivity index (χ4v) is 2.98.